The predicted molar refractivity (Wildman–Crippen MR) is 129 cm³/mol. The molecule has 0 fully saturated rings. The Labute approximate surface area is 205 Å². The molecule has 0 radical (unpaired) electrons. The molecule has 0 aliphatic heterocycles. The number of sulfonamides is 1. The van der Waals surface area contributed by atoms with Crippen LogP contribution in [0.15, 0.2) is 34.5 Å². The maximum Gasteiger partial charge on any atom is 0.305 e. The largest absolute Gasteiger partial charge is 0.481 e. The van der Waals surface area contributed by atoms with Crippen LogP contribution in [-0.4, -0.2) is 87.4 Å². The van der Waals surface area contributed by atoms with Crippen LogP contribution in [0.1, 0.15) is 12.8 Å². The quantitative estimate of drug-likeness (QED) is 0.0721. The minimum absolute atomic E-state index is 0.0237. The number of pyridine rings is 1. The van der Waals surface area contributed by atoms with E-state index in [0.717, 1.165) is 5.03 Å². The average molecular weight is 537 g/mol. The molecule has 13 nitrogen and oxygen atoms in total. The van der Waals surface area contributed by atoms with E-state index in [-0.39, 0.29) is 58.9 Å². The molecule has 0 spiro atoms. The Balaban J connectivity index is 2.55. The highest BCUT2D eigenvalue weighted by Gasteiger charge is 2.31. The van der Waals surface area contributed by atoms with Gasteiger partial charge in [-0.25, -0.2) is 18.1 Å². The minimum Gasteiger partial charge on any atom is -0.481 e. The molecule has 34 heavy (non-hydrogen) atoms. The number of rotatable bonds is 20. The second-order valence-electron chi connectivity index (χ2n) is 6.40. The van der Waals surface area contributed by atoms with Crippen LogP contribution >= 0.6 is 21.6 Å². The Hall–Kier alpha value is -2.07. The average Bonchev–Trinajstić information content (AvgIpc) is 2.80. The standard InChI is InChI=1S/C18H28N6O7S3/c19-24-22-8-12-31-11-7-21-18(27)15(5-14-32-33-16-3-1-2-6-20-16)34(28,29)23-9-13-30-10-4-17(25)26/h1-3,6,15,23H,4-5,7-14H2,(H,21,27)(H,25,26). The maximum absolute atomic E-state index is 12.8. The van der Waals surface area contributed by atoms with E-state index in [2.05, 4.69) is 25.0 Å². The van der Waals surface area contributed by atoms with Crippen LogP contribution in [0.3, 0.4) is 0 Å². The van der Waals surface area contributed by atoms with Gasteiger partial charge < -0.3 is 19.9 Å². The lowest BCUT2D eigenvalue weighted by atomic mass is 10.3. The molecule has 16 heteroatoms. The van der Waals surface area contributed by atoms with E-state index in [1.165, 1.54) is 21.6 Å². The smallest absolute Gasteiger partial charge is 0.305 e. The van der Waals surface area contributed by atoms with Crippen LogP contribution in [0.4, 0.5) is 0 Å². The van der Waals surface area contributed by atoms with Crippen molar-refractivity contribution in [3.8, 4) is 0 Å². The van der Waals surface area contributed by atoms with Gasteiger partial charge in [0.2, 0.25) is 15.9 Å². The normalized spacial score (nSPS) is 12.0. The summed E-state index contributed by atoms with van der Waals surface area (Å²) >= 11 is 0. The second kappa shape index (κ2) is 18.3. The van der Waals surface area contributed by atoms with Gasteiger partial charge in [-0.2, -0.15) is 0 Å². The molecule has 1 rings (SSSR count). The first-order valence-corrected chi connectivity index (χ1v) is 14.1. The first kappa shape index (κ1) is 30.0. The van der Waals surface area contributed by atoms with Crippen LogP contribution in [0.5, 0.6) is 0 Å². The highest BCUT2D eigenvalue weighted by Crippen LogP contribution is 2.30. The Morgan fingerprint density at radius 3 is 2.68 bits per heavy atom. The van der Waals surface area contributed by atoms with Crippen LogP contribution < -0.4 is 10.0 Å². The molecule has 0 aliphatic rings. The van der Waals surface area contributed by atoms with Gasteiger partial charge in [0.25, 0.3) is 0 Å². The van der Waals surface area contributed by atoms with Crippen molar-refractivity contribution in [2.45, 2.75) is 23.1 Å². The second-order valence-corrected chi connectivity index (χ2v) is 10.8. The summed E-state index contributed by atoms with van der Waals surface area (Å²) in [5.74, 6) is -1.31. The van der Waals surface area contributed by atoms with Gasteiger partial charge in [-0.05, 0) is 34.9 Å². The number of azide groups is 1. The molecule has 1 atom stereocenters. The van der Waals surface area contributed by atoms with E-state index < -0.39 is 27.1 Å². The molecule has 0 aromatic carbocycles. The van der Waals surface area contributed by atoms with Crippen molar-refractivity contribution in [1.29, 1.82) is 0 Å². The lowest BCUT2D eigenvalue weighted by Crippen LogP contribution is -2.47. The molecule has 1 unspecified atom stereocenters. The summed E-state index contributed by atoms with van der Waals surface area (Å²) in [6.45, 7) is 0.414. The van der Waals surface area contributed by atoms with Gasteiger partial charge in [-0.3, -0.25) is 9.59 Å². The van der Waals surface area contributed by atoms with E-state index in [4.69, 9.17) is 20.1 Å². The van der Waals surface area contributed by atoms with E-state index in [1.54, 1.807) is 12.3 Å². The molecular formula is C18H28N6O7S3. The molecule has 1 heterocycles. The number of aliphatic carboxylic acids is 1. The third-order valence-electron chi connectivity index (χ3n) is 3.87. The maximum atomic E-state index is 12.8. The van der Waals surface area contributed by atoms with Crippen LogP contribution in [-0.2, 0) is 29.1 Å². The fraction of sp³-hybridized carbons (Fsp3) is 0.611. The zero-order chi connectivity index (χ0) is 25.1. The number of carboxylic acid groups (broad SMARTS) is 1. The molecule has 190 valence electrons. The Kier molecular flexibility index (Phi) is 16.1. The van der Waals surface area contributed by atoms with Gasteiger partial charge in [0.1, 0.15) is 5.03 Å². The fourth-order valence-electron chi connectivity index (χ4n) is 2.31. The third kappa shape index (κ3) is 14.2. The number of nitrogens with zero attached hydrogens (tertiary/aromatic N) is 4. The van der Waals surface area contributed by atoms with Crippen molar-refractivity contribution in [2.75, 3.05) is 51.8 Å². The topological polar surface area (TPSA) is 193 Å². The highest BCUT2D eigenvalue weighted by atomic mass is 33.1. The van der Waals surface area contributed by atoms with Gasteiger partial charge >= 0.3 is 5.97 Å². The number of nitrogens with one attached hydrogen (secondary N) is 2. The first-order chi connectivity index (χ1) is 16.4. The monoisotopic (exact) mass is 536 g/mol. The molecular weight excluding hydrogens is 508 g/mol. The van der Waals surface area contributed by atoms with Crippen molar-refractivity contribution >= 4 is 43.5 Å². The van der Waals surface area contributed by atoms with Crippen LogP contribution in [0.2, 0.25) is 0 Å². The van der Waals surface area contributed by atoms with Gasteiger partial charge in [0, 0.05) is 36.5 Å². The Morgan fingerprint density at radius 2 is 1.97 bits per heavy atom. The number of carboxylic acids is 1. The summed E-state index contributed by atoms with van der Waals surface area (Å²) in [6, 6.07) is 5.46. The number of amides is 1. The highest BCUT2D eigenvalue weighted by molar-refractivity contribution is 8.76. The van der Waals surface area contributed by atoms with Crippen molar-refractivity contribution in [3.05, 3.63) is 34.8 Å². The van der Waals surface area contributed by atoms with Crippen molar-refractivity contribution in [2.24, 2.45) is 5.11 Å². The fourth-order valence-corrected chi connectivity index (χ4v) is 5.79. The van der Waals surface area contributed by atoms with Crippen LogP contribution in [0, 0.1) is 0 Å². The first-order valence-electron chi connectivity index (χ1n) is 10.2. The van der Waals surface area contributed by atoms with Crippen LogP contribution in [0.25, 0.3) is 10.4 Å². The number of ether oxygens (including phenoxy) is 2. The molecule has 3 N–H and O–H groups in total. The number of aromatic nitrogens is 1. The van der Waals surface area contributed by atoms with Gasteiger partial charge in [0.05, 0.1) is 32.8 Å². The third-order valence-corrected chi connectivity index (χ3v) is 7.97. The summed E-state index contributed by atoms with van der Waals surface area (Å²) < 4.78 is 38.1. The molecule has 1 amide bonds. The molecule has 0 aliphatic carbocycles. The molecule has 1 aromatic rings. The zero-order valence-corrected chi connectivity index (χ0v) is 20.8. The summed E-state index contributed by atoms with van der Waals surface area (Å²) in [7, 11) is -1.25. The van der Waals surface area contributed by atoms with Gasteiger partial charge in [0.15, 0.2) is 5.25 Å². The number of hydrogen-bond acceptors (Lipinski definition) is 10. The molecule has 0 saturated heterocycles. The Bertz CT molecular complexity index is 885. The van der Waals surface area contributed by atoms with Crippen molar-refractivity contribution in [1.82, 2.24) is 15.0 Å². The summed E-state index contributed by atoms with van der Waals surface area (Å²) in [5, 5.41) is 13.9. The van der Waals surface area contributed by atoms with E-state index in [0.29, 0.717) is 5.75 Å². The number of carbonyl (C=O) groups excluding carboxylic acids is 1. The van der Waals surface area contributed by atoms with E-state index in [9.17, 15) is 18.0 Å². The number of hydrogen-bond donors (Lipinski definition) is 3. The summed E-state index contributed by atoms with van der Waals surface area (Å²) in [6.07, 6.45) is 1.53. The lowest BCUT2D eigenvalue weighted by Gasteiger charge is -2.18. The molecule has 0 saturated carbocycles. The lowest BCUT2D eigenvalue weighted by molar-refractivity contribution is -0.138. The molecule has 0 bridgehead atoms. The van der Waals surface area contributed by atoms with Gasteiger partial charge in [-0.1, -0.05) is 22.0 Å². The zero-order valence-electron chi connectivity index (χ0n) is 18.4. The van der Waals surface area contributed by atoms with E-state index >= 15 is 0 Å². The van der Waals surface area contributed by atoms with Crippen molar-refractivity contribution < 1.29 is 32.6 Å². The minimum atomic E-state index is -4.02. The summed E-state index contributed by atoms with van der Waals surface area (Å²) in [5.41, 5.74) is 8.20. The number of carbonyl (C=O) groups is 2. The van der Waals surface area contributed by atoms with Gasteiger partial charge in [-0.15, -0.1) is 0 Å². The summed E-state index contributed by atoms with van der Waals surface area (Å²) in [4.78, 5) is 29.9. The SMILES string of the molecule is [N-]=[N+]=NCCOCCNC(=O)C(CCSSc1ccccn1)S(=O)(=O)NCCOCCC(=O)O. The van der Waals surface area contributed by atoms with Crippen molar-refractivity contribution in [3.63, 3.8) is 0 Å². The molecule has 1 aromatic heterocycles. The Morgan fingerprint density at radius 1 is 1.21 bits per heavy atom. The predicted octanol–water partition coefficient (Wildman–Crippen LogP) is 1.43. The van der Waals surface area contributed by atoms with E-state index in [1.807, 2.05) is 12.1 Å².